The number of alkyl halides is 3. The zero-order valence-electron chi connectivity index (χ0n) is 13.1. The van der Waals surface area contributed by atoms with E-state index in [-0.39, 0.29) is 0 Å². The van der Waals surface area contributed by atoms with E-state index in [4.69, 9.17) is 0 Å². The SMILES string of the molecule is FC(F)(F)c1ccc(N2CCN(c3ncnc4ccsc34)CC2)nc1. The van der Waals surface area contributed by atoms with Crippen LogP contribution < -0.4 is 9.80 Å². The molecule has 0 N–H and O–H groups in total. The molecule has 130 valence electrons. The van der Waals surface area contributed by atoms with Crippen molar-refractivity contribution in [2.75, 3.05) is 36.0 Å². The van der Waals surface area contributed by atoms with E-state index in [2.05, 4.69) is 19.9 Å². The smallest absolute Gasteiger partial charge is 0.353 e. The third-order valence-electron chi connectivity index (χ3n) is 4.20. The number of nitrogens with zero attached hydrogens (tertiary/aromatic N) is 5. The van der Waals surface area contributed by atoms with E-state index in [1.54, 1.807) is 17.7 Å². The van der Waals surface area contributed by atoms with Crippen molar-refractivity contribution in [1.29, 1.82) is 0 Å². The molecule has 1 fully saturated rings. The molecule has 0 atom stereocenters. The van der Waals surface area contributed by atoms with Crippen molar-refractivity contribution in [1.82, 2.24) is 15.0 Å². The highest BCUT2D eigenvalue weighted by Crippen LogP contribution is 2.31. The number of thiophene rings is 1. The third kappa shape index (κ3) is 3.11. The van der Waals surface area contributed by atoms with E-state index in [0.29, 0.717) is 18.9 Å². The van der Waals surface area contributed by atoms with E-state index in [1.165, 1.54) is 6.07 Å². The molecule has 25 heavy (non-hydrogen) atoms. The number of pyridine rings is 1. The molecule has 0 saturated carbocycles. The van der Waals surface area contributed by atoms with Crippen molar-refractivity contribution < 1.29 is 13.2 Å². The molecule has 0 radical (unpaired) electrons. The number of piperazine rings is 1. The quantitative estimate of drug-likeness (QED) is 0.696. The summed E-state index contributed by atoms with van der Waals surface area (Å²) in [6.45, 7) is 2.81. The van der Waals surface area contributed by atoms with Gasteiger partial charge in [0.1, 0.15) is 18.0 Å². The lowest BCUT2D eigenvalue weighted by Gasteiger charge is -2.36. The van der Waals surface area contributed by atoms with Crippen molar-refractivity contribution in [3.05, 3.63) is 41.7 Å². The molecular formula is C16H14F3N5S. The van der Waals surface area contributed by atoms with Gasteiger partial charge in [0.15, 0.2) is 0 Å². The number of hydrogen-bond donors (Lipinski definition) is 0. The van der Waals surface area contributed by atoms with Gasteiger partial charge < -0.3 is 9.80 Å². The number of rotatable bonds is 2. The molecule has 0 spiro atoms. The molecule has 0 amide bonds. The predicted octanol–water partition coefficient (Wildman–Crippen LogP) is 3.43. The predicted molar refractivity (Wildman–Crippen MR) is 91.1 cm³/mol. The summed E-state index contributed by atoms with van der Waals surface area (Å²) in [5.74, 6) is 1.48. The van der Waals surface area contributed by atoms with E-state index in [1.807, 2.05) is 16.3 Å². The van der Waals surface area contributed by atoms with Gasteiger partial charge in [-0.3, -0.25) is 0 Å². The van der Waals surface area contributed by atoms with Crippen molar-refractivity contribution in [2.24, 2.45) is 0 Å². The van der Waals surface area contributed by atoms with E-state index < -0.39 is 11.7 Å². The lowest BCUT2D eigenvalue weighted by Crippen LogP contribution is -2.47. The summed E-state index contributed by atoms with van der Waals surface area (Å²) in [6.07, 6.45) is -1.90. The molecule has 0 bridgehead atoms. The van der Waals surface area contributed by atoms with E-state index in [9.17, 15) is 13.2 Å². The molecule has 1 aliphatic rings. The summed E-state index contributed by atoms with van der Waals surface area (Å²) < 4.78 is 39.0. The molecule has 3 aromatic heterocycles. The summed E-state index contributed by atoms with van der Waals surface area (Å²) in [5, 5.41) is 1.99. The summed E-state index contributed by atoms with van der Waals surface area (Å²) >= 11 is 1.61. The zero-order chi connectivity index (χ0) is 17.4. The van der Waals surface area contributed by atoms with Gasteiger partial charge in [0.25, 0.3) is 0 Å². The number of hydrogen-bond acceptors (Lipinski definition) is 6. The average molecular weight is 365 g/mol. The Morgan fingerprint density at radius 2 is 1.68 bits per heavy atom. The van der Waals surface area contributed by atoms with Crippen LogP contribution in [-0.4, -0.2) is 41.1 Å². The van der Waals surface area contributed by atoms with Crippen LogP contribution in [0.4, 0.5) is 24.8 Å². The molecule has 1 aliphatic heterocycles. The van der Waals surface area contributed by atoms with E-state index >= 15 is 0 Å². The molecule has 4 rings (SSSR count). The molecule has 3 aromatic rings. The van der Waals surface area contributed by atoms with Crippen molar-refractivity contribution in [3.8, 4) is 0 Å². The van der Waals surface area contributed by atoms with Crippen LogP contribution in [-0.2, 0) is 6.18 Å². The number of halogens is 3. The highest BCUT2D eigenvalue weighted by atomic mass is 32.1. The van der Waals surface area contributed by atoms with Crippen LogP contribution in [0.3, 0.4) is 0 Å². The summed E-state index contributed by atoms with van der Waals surface area (Å²) in [6, 6.07) is 4.47. The third-order valence-corrected chi connectivity index (χ3v) is 5.10. The Hall–Kier alpha value is -2.42. The summed E-state index contributed by atoms with van der Waals surface area (Å²) in [7, 11) is 0. The molecular weight excluding hydrogens is 351 g/mol. The van der Waals surface area contributed by atoms with Crippen LogP contribution in [0.2, 0.25) is 0 Å². The standard InChI is InChI=1S/C16H14F3N5S/c17-16(18,19)11-1-2-13(20-9-11)23-4-6-24(7-5-23)15-14-12(3-8-25-14)21-10-22-15/h1-3,8-10H,4-7H2. The fraction of sp³-hybridized carbons (Fsp3) is 0.312. The van der Waals surface area contributed by atoms with Crippen LogP contribution in [0.25, 0.3) is 10.2 Å². The average Bonchev–Trinajstić information content (AvgIpc) is 3.10. The molecule has 4 heterocycles. The van der Waals surface area contributed by atoms with Crippen LogP contribution in [0, 0.1) is 0 Å². The molecule has 1 saturated heterocycles. The second-order valence-corrected chi connectivity index (χ2v) is 6.63. The molecule has 0 aromatic carbocycles. The van der Waals surface area contributed by atoms with Gasteiger partial charge in [-0.25, -0.2) is 15.0 Å². The molecule has 9 heteroatoms. The van der Waals surface area contributed by atoms with Crippen molar-refractivity contribution in [3.63, 3.8) is 0 Å². The molecule has 0 aliphatic carbocycles. The second kappa shape index (κ2) is 6.14. The van der Waals surface area contributed by atoms with Gasteiger partial charge in [0.2, 0.25) is 0 Å². The highest BCUT2D eigenvalue weighted by molar-refractivity contribution is 7.17. The van der Waals surface area contributed by atoms with Crippen LogP contribution in [0.5, 0.6) is 0 Å². The largest absolute Gasteiger partial charge is 0.417 e. The van der Waals surface area contributed by atoms with Gasteiger partial charge in [-0.15, -0.1) is 11.3 Å². The first-order valence-electron chi connectivity index (χ1n) is 7.74. The monoisotopic (exact) mass is 365 g/mol. The molecule has 0 unspecified atom stereocenters. The van der Waals surface area contributed by atoms with Gasteiger partial charge in [-0.2, -0.15) is 13.2 Å². The van der Waals surface area contributed by atoms with Crippen LogP contribution in [0.1, 0.15) is 5.56 Å². The lowest BCUT2D eigenvalue weighted by atomic mass is 10.2. The normalized spacial score (nSPS) is 15.8. The minimum Gasteiger partial charge on any atom is -0.353 e. The first kappa shape index (κ1) is 16.1. The topological polar surface area (TPSA) is 45.2 Å². The first-order chi connectivity index (χ1) is 12.0. The summed E-state index contributed by atoms with van der Waals surface area (Å²) in [5.41, 5.74) is 0.206. The Morgan fingerprint density at radius 3 is 2.36 bits per heavy atom. The minimum atomic E-state index is -4.36. The van der Waals surface area contributed by atoms with Gasteiger partial charge in [-0.05, 0) is 23.6 Å². The molecule has 5 nitrogen and oxygen atoms in total. The number of aromatic nitrogens is 3. The van der Waals surface area contributed by atoms with E-state index in [0.717, 1.165) is 41.4 Å². The van der Waals surface area contributed by atoms with Crippen molar-refractivity contribution in [2.45, 2.75) is 6.18 Å². The van der Waals surface area contributed by atoms with Gasteiger partial charge in [0, 0.05) is 32.4 Å². The Labute approximate surface area is 145 Å². The van der Waals surface area contributed by atoms with Gasteiger partial charge in [0.05, 0.1) is 15.8 Å². The second-order valence-electron chi connectivity index (χ2n) is 5.71. The fourth-order valence-electron chi connectivity index (χ4n) is 2.89. The Balaban J connectivity index is 1.47. The maximum atomic E-state index is 12.6. The Kier molecular flexibility index (Phi) is 3.95. The van der Waals surface area contributed by atoms with Gasteiger partial charge >= 0.3 is 6.18 Å². The highest BCUT2D eigenvalue weighted by Gasteiger charge is 2.31. The van der Waals surface area contributed by atoms with Crippen LogP contribution in [0.15, 0.2) is 36.1 Å². The Bertz CT molecular complexity index is 869. The number of anilines is 2. The zero-order valence-corrected chi connectivity index (χ0v) is 13.9. The maximum Gasteiger partial charge on any atom is 0.417 e. The minimum absolute atomic E-state index is 0.566. The van der Waals surface area contributed by atoms with Gasteiger partial charge in [-0.1, -0.05) is 0 Å². The first-order valence-corrected chi connectivity index (χ1v) is 8.62. The van der Waals surface area contributed by atoms with Crippen LogP contribution >= 0.6 is 11.3 Å². The summed E-state index contributed by atoms with van der Waals surface area (Å²) in [4.78, 5) is 16.8. The Morgan fingerprint density at radius 1 is 0.920 bits per heavy atom. The fourth-order valence-corrected chi connectivity index (χ4v) is 3.75. The maximum absolute atomic E-state index is 12.6. The number of fused-ring (bicyclic) bond motifs is 1. The lowest BCUT2D eigenvalue weighted by molar-refractivity contribution is -0.137. The van der Waals surface area contributed by atoms with Crippen molar-refractivity contribution >= 4 is 33.2 Å².